The maximum Gasteiger partial charge on any atom is 0.360 e. The predicted molar refractivity (Wildman–Crippen MR) is 146 cm³/mol. The first-order valence-corrected chi connectivity index (χ1v) is 13.8. The summed E-state index contributed by atoms with van der Waals surface area (Å²) in [7, 11) is -3.10. The molecule has 0 unspecified atom stereocenters. The third-order valence-electron chi connectivity index (χ3n) is 5.82. The molecule has 1 heterocycles. The van der Waals surface area contributed by atoms with Gasteiger partial charge in [0.05, 0.1) is 12.0 Å². The van der Waals surface area contributed by atoms with Gasteiger partial charge >= 0.3 is 11.6 Å². The minimum absolute atomic E-state index is 0.0379. The maximum absolute atomic E-state index is 13.3. The highest BCUT2D eigenvalue weighted by molar-refractivity contribution is 7.89. The number of anilines is 1. The van der Waals surface area contributed by atoms with Crippen LogP contribution in [0.3, 0.4) is 0 Å². The van der Waals surface area contributed by atoms with E-state index < -0.39 is 45.5 Å². The standard InChI is InChI=1S/C27H31N3O9S/c1-15(2)11-21(25(33)29-22(26(34)38-4)12-17-5-7-19(32)8-6-17)30-40(36,37)20-9-10-24-18(13-20)14-23(27(35)39-24)28-16(3)31/h5-10,13-15,21-22,30,32H,11-12H2,1-4H3,(H,28,31)(H,29,33)/t21-,22-/m0/s1. The van der Waals surface area contributed by atoms with Crippen molar-refractivity contribution in [3.05, 3.63) is 64.5 Å². The first-order valence-electron chi connectivity index (χ1n) is 12.3. The first kappa shape index (κ1) is 30.3. The van der Waals surface area contributed by atoms with E-state index in [9.17, 15) is 32.7 Å². The summed E-state index contributed by atoms with van der Waals surface area (Å²) in [6, 6.07) is 8.76. The summed E-state index contributed by atoms with van der Waals surface area (Å²) in [4.78, 5) is 48.9. The summed E-state index contributed by atoms with van der Waals surface area (Å²) >= 11 is 0. The Morgan fingerprint density at radius 2 is 1.70 bits per heavy atom. The van der Waals surface area contributed by atoms with Crippen LogP contribution in [0.25, 0.3) is 11.0 Å². The zero-order valence-corrected chi connectivity index (χ0v) is 23.2. The van der Waals surface area contributed by atoms with Gasteiger partial charge in [-0.05, 0) is 54.3 Å². The molecule has 0 aliphatic rings. The van der Waals surface area contributed by atoms with E-state index in [-0.39, 0.29) is 46.1 Å². The number of hydrogen-bond acceptors (Lipinski definition) is 9. The van der Waals surface area contributed by atoms with Gasteiger partial charge < -0.3 is 24.9 Å². The first-order chi connectivity index (χ1) is 18.8. The number of fused-ring (bicyclic) bond motifs is 1. The molecule has 2 atom stereocenters. The van der Waals surface area contributed by atoms with Crippen LogP contribution >= 0.6 is 0 Å². The fourth-order valence-electron chi connectivity index (χ4n) is 3.96. The van der Waals surface area contributed by atoms with Crippen molar-refractivity contribution in [2.24, 2.45) is 5.92 Å². The van der Waals surface area contributed by atoms with E-state index in [1.54, 1.807) is 12.1 Å². The van der Waals surface area contributed by atoms with Crippen molar-refractivity contribution < 1.29 is 37.1 Å². The molecule has 214 valence electrons. The summed E-state index contributed by atoms with van der Waals surface area (Å²) in [6.07, 6.45) is 0.166. The van der Waals surface area contributed by atoms with E-state index in [2.05, 4.69) is 15.4 Å². The highest BCUT2D eigenvalue weighted by atomic mass is 32.2. The van der Waals surface area contributed by atoms with E-state index in [1.807, 2.05) is 13.8 Å². The number of carbonyl (C=O) groups excluding carboxylic acids is 3. The number of phenolic OH excluding ortho intramolecular Hbond substituents is 1. The normalized spacial score (nSPS) is 13.0. The van der Waals surface area contributed by atoms with Crippen molar-refractivity contribution in [3.8, 4) is 5.75 Å². The van der Waals surface area contributed by atoms with Gasteiger partial charge in [-0.3, -0.25) is 9.59 Å². The molecule has 2 amide bonds. The zero-order valence-electron chi connectivity index (χ0n) is 22.4. The Hall–Kier alpha value is -4.23. The van der Waals surface area contributed by atoms with Gasteiger partial charge in [0.15, 0.2) is 0 Å². The van der Waals surface area contributed by atoms with Crippen molar-refractivity contribution in [2.75, 3.05) is 12.4 Å². The third-order valence-corrected chi connectivity index (χ3v) is 7.29. The quantitative estimate of drug-likeness (QED) is 0.197. The third kappa shape index (κ3) is 7.90. The topological polar surface area (TPSA) is 181 Å². The smallest absolute Gasteiger partial charge is 0.360 e. The Kier molecular flexibility index (Phi) is 9.66. The summed E-state index contributed by atoms with van der Waals surface area (Å²) in [5.74, 6) is -2.02. The van der Waals surface area contributed by atoms with Gasteiger partial charge in [-0.25, -0.2) is 18.0 Å². The van der Waals surface area contributed by atoms with Gasteiger partial charge in [0.1, 0.15) is 29.1 Å². The average Bonchev–Trinajstić information content (AvgIpc) is 2.88. The van der Waals surface area contributed by atoms with E-state index in [0.717, 1.165) is 0 Å². The van der Waals surface area contributed by atoms with Crippen LogP contribution in [0.2, 0.25) is 0 Å². The van der Waals surface area contributed by atoms with Crippen LogP contribution in [-0.2, 0) is 35.6 Å². The number of esters is 1. The zero-order chi connectivity index (χ0) is 29.6. The molecule has 3 aromatic rings. The predicted octanol–water partition coefficient (Wildman–Crippen LogP) is 2.05. The van der Waals surface area contributed by atoms with E-state index in [0.29, 0.717) is 5.56 Å². The molecule has 0 aliphatic heterocycles. The fraction of sp³-hybridized carbons (Fsp3) is 0.333. The molecule has 40 heavy (non-hydrogen) atoms. The number of amides is 2. The van der Waals surface area contributed by atoms with E-state index >= 15 is 0 Å². The van der Waals surface area contributed by atoms with Crippen LogP contribution in [-0.4, -0.2) is 50.5 Å². The van der Waals surface area contributed by atoms with Gasteiger partial charge in [0.25, 0.3) is 0 Å². The minimum atomic E-state index is -4.27. The molecule has 0 aliphatic carbocycles. The number of phenols is 1. The number of sulfonamides is 1. The Labute approximate surface area is 230 Å². The largest absolute Gasteiger partial charge is 0.508 e. The highest BCUT2D eigenvalue weighted by Gasteiger charge is 2.30. The maximum atomic E-state index is 13.3. The average molecular weight is 574 g/mol. The molecule has 0 saturated carbocycles. The van der Waals surface area contributed by atoms with Crippen LogP contribution < -0.4 is 21.0 Å². The Bertz CT molecular complexity index is 1560. The lowest BCUT2D eigenvalue weighted by atomic mass is 10.0. The SMILES string of the molecule is COC(=O)[C@H](Cc1ccc(O)cc1)NC(=O)[C@H](CC(C)C)NS(=O)(=O)c1ccc2oc(=O)c(NC(C)=O)cc2c1. The molecular weight excluding hydrogens is 542 g/mol. The van der Waals surface area contributed by atoms with Crippen molar-refractivity contribution in [3.63, 3.8) is 0 Å². The Morgan fingerprint density at radius 3 is 2.30 bits per heavy atom. The number of rotatable bonds is 11. The monoisotopic (exact) mass is 573 g/mol. The highest BCUT2D eigenvalue weighted by Crippen LogP contribution is 2.21. The molecule has 0 saturated heterocycles. The summed E-state index contributed by atoms with van der Waals surface area (Å²) in [5.41, 5.74) is -0.208. The van der Waals surface area contributed by atoms with Crippen LogP contribution in [0.4, 0.5) is 5.69 Å². The molecule has 0 fully saturated rings. The molecular formula is C27H31N3O9S. The summed E-state index contributed by atoms with van der Waals surface area (Å²) in [5, 5.41) is 14.6. The van der Waals surface area contributed by atoms with Crippen LogP contribution in [0.15, 0.2) is 62.6 Å². The lowest BCUT2D eigenvalue weighted by Crippen LogP contribution is -2.52. The molecule has 13 heteroatoms. The second kappa shape index (κ2) is 12.7. The number of carbonyl (C=O) groups is 3. The summed E-state index contributed by atoms with van der Waals surface area (Å²) < 4.78 is 39.1. The van der Waals surface area contributed by atoms with E-state index in [1.165, 1.54) is 50.4 Å². The molecule has 12 nitrogen and oxygen atoms in total. The number of ether oxygens (including phenoxy) is 1. The number of benzene rings is 2. The van der Waals surface area contributed by atoms with E-state index in [4.69, 9.17) is 9.15 Å². The lowest BCUT2D eigenvalue weighted by molar-refractivity contribution is -0.145. The van der Waals surface area contributed by atoms with Crippen molar-refractivity contribution >= 4 is 44.5 Å². The number of nitrogens with one attached hydrogen (secondary N) is 3. The van der Waals surface area contributed by atoms with Crippen LogP contribution in [0.1, 0.15) is 32.8 Å². The van der Waals surface area contributed by atoms with Crippen molar-refractivity contribution in [1.29, 1.82) is 0 Å². The van der Waals surface area contributed by atoms with Gasteiger partial charge in [-0.2, -0.15) is 4.72 Å². The van der Waals surface area contributed by atoms with Gasteiger partial charge in [0.2, 0.25) is 21.8 Å². The number of methoxy groups -OCH3 is 1. The second-order valence-corrected chi connectivity index (χ2v) is 11.3. The summed E-state index contributed by atoms with van der Waals surface area (Å²) in [6.45, 7) is 4.83. The van der Waals surface area contributed by atoms with Crippen LogP contribution in [0.5, 0.6) is 5.75 Å². The minimum Gasteiger partial charge on any atom is -0.508 e. The molecule has 0 bridgehead atoms. The van der Waals surface area contributed by atoms with Crippen LogP contribution in [0, 0.1) is 5.92 Å². The Balaban J connectivity index is 1.88. The molecule has 1 aromatic heterocycles. The Morgan fingerprint density at radius 1 is 1.02 bits per heavy atom. The second-order valence-electron chi connectivity index (χ2n) is 9.59. The van der Waals surface area contributed by atoms with Gasteiger partial charge in [-0.1, -0.05) is 26.0 Å². The molecule has 2 aromatic carbocycles. The lowest BCUT2D eigenvalue weighted by Gasteiger charge is -2.23. The molecule has 4 N–H and O–H groups in total. The van der Waals surface area contributed by atoms with Crippen molar-refractivity contribution in [2.45, 2.75) is 50.6 Å². The molecule has 0 spiro atoms. The fourth-order valence-corrected chi connectivity index (χ4v) is 5.20. The van der Waals surface area contributed by atoms with Gasteiger partial charge in [0, 0.05) is 18.7 Å². The number of hydrogen-bond donors (Lipinski definition) is 4. The van der Waals surface area contributed by atoms with Crippen molar-refractivity contribution in [1.82, 2.24) is 10.0 Å². The number of aromatic hydroxyl groups is 1. The molecule has 0 radical (unpaired) electrons. The van der Waals surface area contributed by atoms with Gasteiger partial charge in [-0.15, -0.1) is 0 Å². The molecule has 3 rings (SSSR count).